The molecule has 0 spiro atoms. The third-order valence-corrected chi connectivity index (χ3v) is 3.28. The van der Waals surface area contributed by atoms with Crippen LogP contribution in [0.1, 0.15) is 36.2 Å². The molecule has 1 fully saturated rings. The highest BCUT2D eigenvalue weighted by Gasteiger charge is 2.27. The molecule has 0 unspecified atom stereocenters. The first-order valence-electron chi connectivity index (χ1n) is 6.20. The molecule has 1 aliphatic rings. The summed E-state index contributed by atoms with van der Waals surface area (Å²) in [7, 11) is 0. The molecule has 6 heteroatoms. The zero-order chi connectivity index (χ0) is 13.3. The monoisotopic (exact) mass is 261 g/mol. The second-order valence-corrected chi connectivity index (χ2v) is 4.89. The lowest BCUT2D eigenvalue weighted by Gasteiger charge is -2.08. The Balaban J connectivity index is 2.00. The van der Waals surface area contributed by atoms with Crippen LogP contribution in [0.5, 0.6) is 0 Å². The molecule has 1 heterocycles. The fourth-order valence-corrected chi connectivity index (χ4v) is 1.97. The first-order valence-corrected chi connectivity index (χ1v) is 6.20. The molecule has 102 valence electrons. The van der Waals surface area contributed by atoms with Gasteiger partial charge in [0.25, 0.3) is 0 Å². The van der Waals surface area contributed by atoms with E-state index in [0.29, 0.717) is 12.6 Å². The first kappa shape index (κ1) is 13.4. The van der Waals surface area contributed by atoms with Crippen molar-refractivity contribution < 1.29 is 13.2 Å². The van der Waals surface area contributed by atoms with Crippen LogP contribution in [0.15, 0.2) is 0 Å². The van der Waals surface area contributed by atoms with Crippen LogP contribution in [0.3, 0.4) is 0 Å². The van der Waals surface area contributed by atoms with E-state index in [9.17, 15) is 13.2 Å². The first-order chi connectivity index (χ1) is 8.37. The van der Waals surface area contributed by atoms with Gasteiger partial charge >= 0.3 is 6.18 Å². The molecular weight excluding hydrogens is 243 g/mol. The summed E-state index contributed by atoms with van der Waals surface area (Å²) >= 11 is 0. The summed E-state index contributed by atoms with van der Waals surface area (Å²) in [6, 6.07) is 0.585. The average molecular weight is 261 g/mol. The van der Waals surface area contributed by atoms with Crippen molar-refractivity contribution in [2.24, 2.45) is 0 Å². The topological polar surface area (TPSA) is 29.9 Å². The Morgan fingerprint density at radius 1 is 1.33 bits per heavy atom. The van der Waals surface area contributed by atoms with Crippen LogP contribution >= 0.6 is 0 Å². The van der Waals surface area contributed by atoms with Crippen molar-refractivity contribution in [1.82, 2.24) is 15.1 Å². The van der Waals surface area contributed by atoms with Gasteiger partial charge in [0, 0.05) is 30.4 Å². The summed E-state index contributed by atoms with van der Waals surface area (Å²) in [5.74, 6) is 0. The van der Waals surface area contributed by atoms with Gasteiger partial charge in [-0.2, -0.15) is 18.3 Å². The molecule has 0 saturated heterocycles. The van der Waals surface area contributed by atoms with Gasteiger partial charge in [-0.25, -0.2) is 0 Å². The van der Waals surface area contributed by atoms with E-state index in [1.807, 2.05) is 13.8 Å². The van der Waals surface area contributed by atoms with Crippen LogP contribution in [0.25, 0.3) is 0 Å². The minimum absolute atomic E-state index is 0.0976. The van der Waals surface area contributed by atoms with Gasteiger partial charge in [0.15, 0.2) is 0 Å². The fraction of sp³-hybridized carbons (Fsp3) is 0.750. The Labute approximate surface area is 104 Å². The lowest BCUT2D eigenvalue weighted by Crippen LogP contribution is -2.17. The molecule has 0 aromatic carbocycles. The van der Waals surface area contributed by atoms with Gasteiger partial charge in [0.05, 0.1) is 12.1 Å². The van der Waals surface area contributed by atoms with Crippen LogP contribution in [-0.2, 0) is 13.1 Å². The molecule has 1 aromatic heterocycles. The molecule has 1 aliphatic carbocycles. The summed E-state index contributed by atoms with van der Waals surface area (Å²) < 4.78 is 38.0. The summed E-state index contributed by atoms with van der Waals surface area (Å²) in [5, 5.41) is 7.55. The van der Waals surface area contributed by atoms with E-state index in [1.54, 1.807) is 0 Å². The predicted molar refractivity (Wildman–Crippen MR) is 62.2 cm³/mol. The highest BCUT2D eigenvalue weighted by molar-refractivity contribution is 5.24. The minimum atomic E-state index is -4.13. The maximum Gasteiger partial charge on any atom is 0.390 e. The fourth-order valence-electron chi connectivity index (χ4n) is 1.97. The number of nitrogens with one attached hydrogen (secondary N) is 1. The van der Waals surface area contributed by atoms with Crippen molar-refractivity contribution in [3.05, 3.63) is 17.0 Å². The molecule has 3 nitrogen and oxygen atoms in total. The van der Waals surface area contributed by atoms with Crippen LogP contribution in [-0.4, -0.2) is 22.0 Å². The zero-order valence-electron chi connectivity index (χ0n) is 10.6. The van der Waals surface area contributed by atoms with Crippen molar-refractivity contribution in [3.63, 3.8) is 0 Å². The van der Waals surface area contributed by atoms with Gasteiger partial charge in [-0.15, -0.1) is 0 Å². The Morgan fingerprint density at radius 3 is 2.56 bits per heavy atom. The Morgan fingerprint density at radius 2 is 2.00 bits per heavy atom. The maximum atomic E-state index is 12.2. The van der Waals surface area contributed by atoms with Crippen molar-refractivity contribution in [1.29, 1.82) is 0 Å². The lowest BCUT2D eigenvalue weighted by atomic mass is 10.2. The highest BCUT2D eigenvalue weighted by atomic mass is 19.4. The van der Waals surface area contributed by atoms with Crippen LogP contribution in [0.4, 0.5) is 13.2 Å². The molecule has 0 atom stereocenters. The van der Waals surface area contributed by atoms with Crippen LogP contribution < -0.4 is 5.32 Å². The van der Waals surface area contributed by atoms with E-state index in [0.717, 1.165) is 17.0 Å². The Kier molecular flexibility index (Phi) is 3.66. The van der Waals surface area contributed by atoms with E-state index < -0.39 is 12.6 Å². The van der Waals surface area contributed by atoms with Gasteiger partial charge in [-0.1, -0.05) is 0 Å². The number of hydrogen-bond donors (Lipinski definition) is 1. The van der Waals surface area contributed by atoms with E-state index >= 15 is 0 Å². The van der Waals surface area contributed by atoms with E-state index in [4.69, 9.17) is 0 Å². The molecule has 18 heavy (non-hydrogen) atoms. The second kappa shape index (κ2) is 4.91. The van der Waals surface area contributed by atoms with Crippen molar-refractivity contribution >= 4 is 0 Å². The predicted octanol–water partition coefficient (Wildman–Crippen LogP) is 2.70. The highest BCUT2D eigenvalue weighted by Crippen LogP contribution is 2.23. The summed E-state index contributed by atoms with van der Waals surface area (Å²) in [4.78, 5) is 0. The third-order valence-electron chi connectivity index (χ3n) is 3.28. The van der Waals surface area contributed by atoms with E-state index in [2.05, 4.69) is 10.4 Å². The van der Waals surface area contributed by atoms with Crippen LogP contribution in [0, 0.1) is 13.8 Å². The van der Waals surface area contributed by atoms with Gasteiger partial charge in [0.1, 0.15) is 0 Å². The molecule has 0 bridgehead atoms. The van der Waals surface area contributed by atoms with Crippen molar-refractivity contribution in [2.45, 2.75) is 58.4 Å². The smallest absolute Gasteiger partial charge is 0.310 e. The number of nitrogens with zero attached hydrogens (tertiary/aromatic N) is 2. The number of aromatic nitrogens is 2. The Hall–Kier alpha value is -1.04. The molecule has 2 rings (SSSR count). The van der Waals surface area contributed by atoms with Gasteiger partial charge in [-0.3, -0.25) is 4.68 Å². The molecule has 0 aliphatic heterocycles. The summed E-state index contributed by atoms with van der Waals surface area (Å²) in [6.07, 6.45) is -2.57. The number of rotatable bonds is 5. The van der Waals surface area contributed by atoms with Crippen molar-refractivity contribution in [3.8, 4) is 0 Å². The largest absolute Gasteiger partial charge is 0.390 e. The number of halogens is 3. The SMILES string of the molecule is Cc1nn(CCC(F)(F)F)c(C)c1CNC1CC1. The Bertz CT molecular complexity index is 419. The molecule has 0 radical (unpaired) electrons. The van der Waals surface area contributed by atoms with Gasteiger partial charge in [-0.05, 0) is 26.7 Å². The molecule has 1 saturated carbocycles. The zero-order valence-corrected chi connectivity index (χ0v) is 10.6. The third kappa shape index (κ3) is 3.48. The average Bonchev–Trinajstić information content (AvgIpc) is 3.02. The minimum Gasteiger partial charge on any atom is -0.310 e. The van der Waals surface area contributed by atoms with E-state index in [1.165, 1.54) is 17.5 Å². The number of aryl methyl sites for hydroxylation is 2. The summed E-state index contributed by atoms with van der Waals surface area (Å²) in [5.41, 5.74) is 2.69. The number of hydrogen-bond acceptors (Lipinski definition) is 2. The standard InChI is InChI=1S/C12H18F3N3/c1-8-11(7-16-10-3-4-10)9(2)18(17-8)6-5-12(13,14)15/h10,16H,3-7H2,1-2H3. The lowest BCUT2D eigenvalue weighted by molar-refractivity contribution is -0.137. The summed E-state index contributed by atoms with van der Waals surface area (Å²) in [6.45, 7) is 4.29. The quantitative estimate of drug-likeness (QED) is 0.883. The molecule has 0 amide bonds. The van der Waals surface area contributed by atoms with E-state index in [-0.39, 0.29) is 6.54 Å². The van der Waals surface area contributed by atoms with Crippen molar-refractivity contribution in [2.75, 3.05) is 0 Å². The number of alkyl halides is 3. The molecular formula is C12H18F3N3. The van der Waals surface area contributed by atoms with Crippen LogP contribution in [0.2, 0.25) is 0 Å². The van der Waals surface area contributed by atoms with Gasteiger partial charge in [0.2, 0.25) is 0 Å². The molecule has 1 N–H and O–H groups in total. The second-order valence-electron chi connectivity index (χ2n) is 4.89. The molecule has 1 aromatic rings. The van der Waals surface area contributed by atoms with Gasteiger partial charge < -0.3 is 5.32 Å². The normalized spacial score (nSPS) is 16.3. The maximum absolute atomic E-state index is 12.2.